The van der Waals surface area contributed by atoms with Crippen molar-refractivity contribution >= 4 is 27.6 Å². The van der Waals surface area contributed by atoms with E-state index in [-0.39, 0.29) is 21.9 Å². The number of fused-ring (bicyclic) bond motifs is 1. The summed E-state index contributed by atoms with van der Waals surface area (Å²) in [5.74, 6) is -1.80. The Morgan fingerprint density at radius 2 is 1.42 bits per heavy atom. The van der Waals surface area contributed by atoms with E-state index in [9.17, 15) is 28.1 Å². The molecule has 0 saturated heterocycles. The number of hydroxylamine groups is 2. The third-order valence-electron chi connectivity index (χ3n) is 3.27. The minimum Gasteiger partial charge on any atom is -0.266 e. The van der Waals surface area contributed by atoms with Gasteiger partial charge in [-0.15, -0.1) is 9.35 Å². The van der Waals surface area contributed by atoms with Crippen molar-refractivity contribution in [1.29, 1.82) is 0 Å². The average molecular weight is 348 g/mol. The fraction of sp³-hybridized carbons (Fsp3) is 0. The lowest BCUT2D eigenvalue weighted by Crippen LogP contribution is -2.32. The fourth-order valence-corrected chi connectivity index (χ4v) is 3.00. The van der Waals surface area contributed by atoms with Crippen molar-refractivity contribution < 1.29 is 27.2 Å². The molecule has 0 aliphatic carbocycles. The van der Waals surface area contributed by atoms with Crippen LogP contribution >= 0.6 is 0 Å². The van der Waals surface area contributed by atoms with Crippen molar-refractivity contribution in [1.82, 2.24) is 5.06 Å². The summed E-state index contributed by atoms with van der Waals surface area (Å²) in [5.41, 5.74) is -0.252. The molecule has 0 fully saturated rings. The predicted octanol–water partition coefficient (Wildman–Crippen LogP) is 1.51. The van der Waals surface area contributed by atoms with Gasteiger partial charge in [-0.1, -0.05) is 12.1 Å². The molecule has 24 heavy (non-hydrogen) atoms. The number of benzene rings is 2. The summed E-state index contributed by atoms with van der Waals surface area (Å²) in [6.45, 7) is 0. The van der Waals surface area contributed by atoms with Crippen LogP contribution in [-0.2, 0) is 14.4 Å². The molecule has 0 atom stereocenters. The van der Waals surface area contributed by atoms with E-state index >= 15 is 0 Å². The van der Waals surface area contributed by atoms with Crippen LogP contribution in [0.5, 0.6) is 0 Å². The summed E-state index contributed by atoms with van der Waals surface area (Å²) in [7, 11) is -4.51. The van der Waals surface area contributed by atoms with E-state index < -0.39 is 31.8 Å². The van der Waals surface area contributed by atoms with Crippen molar-refractivity contribution in [2.24, 2.45) is 0 Å². The highest BCUT2D eigenvalue weighted by Gasteiger charge is 2.40. The topological polar surface area (TPSA) is 124 Å². The Morgan fingerprint density at radius 3 is 1.88 bits per heavy atom. The smallest absolute Gasteiger partial charge is 0.266 e. The van der Waals surface area contributed by atoms with E-state index in [0.717, 1.165) is 24.3 Å². The maximum absolute atomic E-state index is 12.2. The molecule has 0 saturated carbocycles. The van der Waals surface area contributed by atoms with Gasteiger partial charge >= 0.3 is 10.1 Å². The molecule has 1 heterocycles. The minimum atomic E-state index is -4.51. The first kappa shape index (κ1) is 15.8. The zero-order chi connectivity index (χ0) is 17.5. The molecule has 2 amide bonds. The van der Waals surface area contributed by atoms with Crippen LogP contribution in [-0.4, -0.2) is 30.2 Å². The zero-order valence-corrected chi connectivity index (χ0v) is 12.6. The van der Waals surface area contributed by atoms with E-state index in [1.807, 2.05) is 0 Å². The van der Waals surface area contributed by atoms with Gasteiger partial charge in [0.05, 0.1) is 20.9 Å². The Balaban J connectivity index is 1.89. The van der Waals surface area contributed by atoms with Crippen molar-refractivity contribution in [3.63, 3.8) is 0 Å². The average Bonchev–Trinajstić information content (AvgIpc) is 2.80. The summed E-state index contributed by atoms with van der Waals surface area (Å²) in [5, 5.41) is 10.7. The summed E-state index contributed by atoms with van der Waals surface area (Å²) in [6.07, 6.45) is 0. The zero-order valence-electron chi connectivity index (χ0n) is 11.8. The van der Waals surface area contributed by atoms with Gasteiger partial charge in [0.25, 0.3) is 17.5 Å². The molecule has 2 aromatic rings. The summed E-state index contributed by atoms with van der Waals surface area (Å²) in [4.78, 5) is 33.6. The second-order valence-corrected chi connectivity index (χ2v) is 6.26. The number of nitro benzene ring substituents is 1. The summed E-state index contributed by atoms with van der Waals surface area (Å²) in [6, 6.07) is 9.64. The van der Waals surface area contributed by atoms with Gasteiger partial charge in [-0.3, -0.25) is 19.7 Å². The first-order valence-electron chi connectivity index (χ1n) is 6.48. The molecule has 0 radical (unpaired) electrons. The molecule has 1 aliphatic rings. The molecular formula is C14H8N2O7S. The van der Waals surface area contributed by atoms with Gasteiger partial charge in [0, 0.05) is 12.1 Å². The number of hydrogen-bond acceptors (Lipinski definition) is 7. The Hall–Kier alpha value is -3.11. The largest absolute Gasteiger partial charge is 0.318 e. The molecule has 0 unspecified atom stereocenters. The Bertz CT molecular complexity index is 932. The molecule has 3 rings (SSSR count). The van der Waals surface area contributed by atoms with E-state index in [1.165, 1.54) is 24.3 Å². The van der Waals surface area contributed by atoms with Gasteiger partial charge in [-0.2, -0.15) is 8.42 Å². The molecule has 0 spiro atoms. The van der Waals surface area contributed by atoms with Crippen LogP contribution in [0.25, 0.3) is 0 Å². The third kappa shape index (κ3) is 2.53. The van der Waals surface area contributed by atoms with Gasteiger partial charge in [0.1, 0.15) is 0 Å². The quantitative estimate of drug-likeness (QED) is 0.466. The van der Waals surface area contributed by atoms with Crippen molar-refractivity contribution in [2.45, 2.75) is 4.90 Å². The van der Waals surface area contributed by atoms with E-state index in [1.54, 1.807) is 0 Å². The SMILES string of the molecule is O=C1c2ccccc2C(=O)N1OS(=O)(=O)c1ccc([N+](=O)[O-])cc1. The van der Waals surface area contributed by atoms with E-state index in [4.69, 9.17) is 0 Å². The highest BCUT2D eigenvalue weighted by atomic mass is 32.2. The number of hydrogen-bond donors (Lipinski definition) is 0. The molecule has 0 bridgehead atoms. The van der Waals surface area contributed by atoms with Crippen LogP contribution in [0.15, 0.2) is 53.4 Å². The highest BCUT2D eigenvalue weighted by molar-refractivity contribution is 7.86. The second-order valence-electron chi connectivity index (χ2n) is 4.73. The minimum absolute atomic E-state index is 0.0291. The molecule has 1 aliphatic heterocycles. The van der Waals surface area contributed by atoms with Crippen LogP contribution in [0, 0.1) is 10.1 Å². The van der Waals surface area contributed by atoms with E-state index in [0.29, 0.717) is 0 Å². The Labute approximate surface area is 135 Å². The number of nitro groups is 1. The maximum atomic E-state index is 12.2. The number of carbonyl (C=O) groups excluding carboxylic acids is 2. The number of nitrogens with zero attached hydrogens (tertiary/aromatic N) is 2. The van der Waals surface area contributed by atoms with Crippen LogP contribution in [0.4, 0.5) is 5.69 Å². The first-order valence-corrected chi connectivity index (χ1v) is 7.89. The molecule has 0 aromatic heterocycles. The van der Waals surface area contributed by atoms with Crippen LogP contribution < -0.4 is 0 Å². The number of carbonyl (C=O) groups is 2. The van der Waals surface area contributed by atoms with Crippen molar-refractivity contribution in [3.8, 4) is 0 Å². The summed E-state index contributed by atoms with van der Waals surface area (Å²) >= 11 is 0. The fourth-order valence-electron chi connectivity index (χ4n) is 2.11. The van der Waals surface area contributed by atoms with Crippen LogP contribution in [0.1, 0.15) is 20.7 Å². The molecule has 10 heteroatoms. The predicted molar refractivity (Wildman–Crippen MR) is 78.3 cm³/mol. The lowest BCUT2D eigenvalue weighted by Gasteiger charge is -2.12. The Morgan fingerprint density at radius 1 is 0.917 bits per heavy atom. The number of imide groups is 1. The van der Waals surface area contributed by atoms with Gasteiger partial charge < -0.3 is 0 Å². The Kier molecular flexibility index (Phi) is 3.62. The van der Waals surface area contributed by atoms with Crippen molar-refractivity contribution in [3.05, 3.63) is 69.8 Å². The third-order valence-corrected chi connectivity index (χ3v) is 4.46. The molecule has 9 nitrogen and oxygen atoms in total. The van der Waals surface area contributed by atoms with Crippen LogP contribution in [0.2, 0.25) is 0 Å². The second kappa shape index (κ2) is 5.51. The number of amides is 2. The van der Waals surface area contributed by atoms with Gasteiger partial charge in [0.15, 0.2) is 0 Å². The van der Waals surface area contributed by atoms with Crippen molar-refractivity contribution in [2.75, 3.05) is 0 Å². The lowest BCUT2D eigenvalue weighted by atomic mass is 10.1. The van der Waals surface area contributed by atoms with E-state index in [2.05, 4.69) is 4.28 Å². The first-order chi connectivity index (χ1) is 11.3. The lowest BCUT2D eigenvalue weighted by molar-refractivity contribution is -0.384. The van der Waals surface area contributed by atoms with Crippen LogP contribution in [0.3, 0.4) is 0 Å². The molecule has 0 N–H and O–H groups in total. The standard InChI is InChI=1S/C14H8N2O7S/c17-13-11-3-1-2-4-12(11)14(18)15(13)23-24(21,22)10-7-5-9(6-8-10)16(19)20/h1-8H. The van der Waals surface area contributed by atoms with Gasteiger partial charge in [-0.25, -0.2) is 0 Å². The molecule has 122 valence electrons. The maximum Gasteiger partial charge on any atom is 0.318 e. The normalized spacial score (nSPS) is 13.9. The highest BCUT2D eigenvalue weighted by Crippen LogP contribution is 2.26. The summed E-state index contributed by atoms with van der Waals surface area (Å²) < 4.78 is 29.0. The van der Waals surface area contributed by atoms with Gasteiger partial charge in [-0.05, 0) is 24.3 Å². The molecule has 2 aromatic carbocycles. The monoisotopic (exact) mass is 348 g/mol. The van der Waals surface area contributed by atoms with Gasteiger partial charge in [0.2, 0.25) is 0 Å². The number of non-ortho nitro benzene ring substituents is 1. The molecular weight excluding hydrogens is 340 g/mol. The number of rotatable bonds is 4.